The van der Waals surface area contributed by atoms with Crippen molar-refractivity contribution < 1.29 is 0 Å². The Morgan fingerprint density at radius 3 is 2.26 bits per heavy atom. The SMILES string of the molecule is CC(C)(C)c1ccc(C=NCc2cccc(-n3c4ccccc4c4cc5c(cc43)[nH]c3ccccc35)c2)cc1. The van der Waals surface area contributed by atoms with Crippen molar-refractivity contribution in [1.82, 2.24) is 9.55 Å². The van der Waals surface area contributed by atoms with Gasteiger partial charge < -0.3 is 9.55 Å². The largest absolute Gasteiger partial charge is 0.354 e. The molecule has 0 fully saturated rings. The number of hydrogen-bond donors (Lipinski definition) is 1. The molecule has 0 unspecified atom stereocenters. The maximum Gasteiger partial charge on any atom is 0.0640 e. The summed E-state index contributed by atoms with van der Waals surface area (Å²) in [5, 5.41) is 5.06. The molecule has 0 bridgehead atoms. The zero-order valence-electron chi connectivity index (χ0n) is 22.6. The summed E-state index contributed by atoms with van der Waals surface area (Å²) in [6.45, 7) is 7.35. The van der Waals surface area contributed by atoms with Crippen LogP contribution in [0.1, 0.15) is 37.5 Å². The number of fused-ring (bicyclic) bond motifs is 6. The minimum absolute atomic E-state index is 0.156. The maximum absolute atomic E-state index is 4.78. The van der Waals surface area contributed by atoms with E-state index >= 15 is 0 Å². The average molecular weight is 506 g/mol. The summed E-state index contributed by atoms with van der Waals surface area (Å²) in [7, 11) is 0. The molecule has 0 aliphatic rings. The highest BCUT2D eigenvalue weighted by molar-refractivity contribution is 6.18. The number of benzene rings is 5. The van der Waals surface area contributed by atoms with E-state index in [2.05, 4.69) is 140 Å². The molecule has 7 aromatic rings. The van der Waals surface area contributed by atoms with Gasteiger partial charge in [-0.15, -0.1) is 0 Å². The van der Waals surface area contributed by atoms with Gasteiger partial charge in [0, 0.05) is 44.5 Å². The summed E-state index contributed by atoms with van der Waals surface area (Å²) < 4.78 is 2.38. The summed E-state index contributed by atoms with van der Waals surface area (Å²) >= 11 is 0. The molecule has 3 nitrogen and oxygen atoms in total. The first-order valence-corrected chi connectivity index (χ1v) is 13.6. The van der Waals surface area contributed by atoms with Crippen LogP contribution in [0.3, 0.4) is 0 Å². The summed E-state index contributed by atoms with van der Waals surface area (Å²) in [5.41, 5.74) is 9.70. The van der Waals surface area contributed by atoms with E-state index in [1.54, 1.807) is 0 Å². The van der Waals surface area contributed by atoms with Crippen LogP contribution in [-0.2, 0) is 12.0 Å². The minimum Gasteiger partial charge on any atom is -0.354 e. The van der Waals surface area contributed by atoms with Gasteiger partial charge in [-0.05, 0) is 58.5 Å². The lowest BCUT2D eigenvalue weighted by atomic mass is 9.87. The molecule has 2 aromatic heterocycles. The molecular weight excluding hydrogens is 474 g/mol. The molecule has 0 aliphatic heterocycles. The first-order chi connectivity index (χ1) is 19.0. The van der Waals surface area contributed by atoms with Crippen LogP contribution in [0.25, 0.3) is 49.3 Å². The Kier molecular flexibility index (Phi) is 5.41. The molecular formula is C36H31N3. The number of nitrogens with zero attached hydrogens (tertiary/aromatic N) is 2. The molecule has 0 atom stereocenters. The van der Waals surface area contributed by atoms with Gasteiger partial charge in [0.25, 0.3) is 0 Å². The Morgan fingerprint density at radius 1 is 0.667 bits per heavy atom. The molecule has 7 rings (SSSR count). The Bertz CT molecular complexity index is 2010. The highest BCUT2D eigenvalue weighted by Crippen LogP contribution is 2.37. The van der Waals surface area contributed by atoms with Gasteiger partial charge in [-0.2, -0.15) is 0 Å². The van der Waals surface area contributed by atoms with Crippen LogP contribution in [0.2, 0.25) is 0 Å². The number of H-pyrrole nitrogens is 1. The van der Waals surface area contributed by atoms with Gasteiger partial charge in [0.1, 0.15) is 0 Å². The van der Waals surface area contributed by atoms with Crippen LogP contribution in [0.15, 0.2) is 114 Å². The fourth-order valence-electron chi connectivity index (χ4n) is 5.71. The fraction of sp³-hybridized carbons (Fsp3) is 0.139. The van der Waals surface area contributed by atoms with Gasteiger partial charge in [0.05, 0.1) is 17.6 Å². The second-order valence-corrected chi connectivity index (χ2v) is 11.4. The topological polar surface area (TPSA) is 33.1 Å². The molecule has 3 heteroatoms. The predicted molar refractivity (Wildman–Crippen MR) is 167 cm³/mol. The second kappa shape index (κ2) is 8.99. The predicted octanol–water partition coefficient (Wildman–Crippen LogP) is 9.33. The van der Waals surface area contributed by atoms with Gasteiger partial charge in [-0.25, -0.2) is 0 Å². The molecule has 0 amide bonds. The zero-order chi connectivity index (χ0) is 26.6. The van der Waals surface area contributed by atoms with Gasteiger partial charge in [0.15, 0.2) is 0 Å². The van der Waals surface area contributed by atoms with Crippen molar-refractivity contribution >= 4 is 49.8 Å². The Hall–Kier alpha value is -4.63. The van der Waals surface area contributed by atoms with Crippen LogP contribution in [0, 0.1) is 0 Å². The maximum atomic E-state index is 4.78. The van der Waals surface area contributed by atoms with E-state index in [0.29, 0.717) is 6.54 Å². The van der Waals surface area contributed by atoms with E-state index < -0.39 is 0 Å². The van der Waals surface area contributed by atoms with Crippen molar-refractivity contribution in [2.75, 3.05) is 0 Å². The normalized spacial score (nSPS) is 12.5. The first kappa shape index (κ1) is 23.5. The Balaban J connectivity index is 1.28. The van der Waals surface area contributed by atoms with E-state index in [1.807, 2.05) is 6.21 Å². The molecule has 190 valence electrons. The Morgan fingerprint density at radius 2 is 1.44 bits per heavy atom. The smallest absolute Gasteiger partial charge is 0.0640 e. The third kappa shape index (κ3) is 4.11. The third-order valence-electron chi connectivity index (χ3n) is 7.76. The van der Waals surface area contributed by atoms with Crippen molar-refractivity contribution in [2.24, 2.45) is 4.99 Å². The van der Waals surface area contributed by atoms with Crippen LogP contribution in [0.4, 0.5) is 0 Å². The number of rotatable bonds is 4. The molecule has 39 heavy (non-hydrogen) atoms. The quantitative estimate of drug-likeness (QED) is 0.231. The van der Waals surface area contributed by atoms with E-state index in [0.717, 1.165) is 16.8 Å². The van der Waals surface area contributed by atoms with Crippen LogP contribution >= 0.6 is 0 Å². The van der Waals surface area contributed by atoms with Crippen molar-refractivity contribution in [2.45, 2.75) is 32.7 Å². The molecule has 0 radical (unpaired) electrons. The number of aromatic nitrogens is 2. The first-order valence-electron chi connectivity index (χ1n) is 13.6. The molecule has 0 saturated heterocycles. The summed E-state index contributed by atoms with van der Waals surface area (Å²) in [6.07, 6.45) is 1.98. The lowest BCUT2D eigenvalue weighted by molar-refractivity contribution is 0.590. The molecule has 5 aromatic carbocycles. The molecule has 0 aliphatic carbocycles. The highest BCUT2D eigenvalue weighted by atomic mass is 15.0. The van der Waals surface area contributed by atoms with E-state index in [9.17, 15) is 0 Å². The van der Waals surface area contributed by atoms with Crippen molar-refractivity contribution in [3.63, 3.8) is 0 Å². The minimum atomic E-state index is 0.156. The van der Waals surface area contributed by atoms with E-state index in [1.165, 1.54) is 49.2 Å². The summed E-state index contributed by atoms with van der Waals surface area (Å²) in [5.74, 6) is 0. The average Bonchev–Trinajstić information content (AvgIpc) is 3.46. The van der Waals surface area contributed by atoms with Crippen molar-refractivity contribution in [3.8, 4) is 5.69 Å². The zero-order valence-corrected chi connectivity index (χ0v) is 22.6. The number of hydrogen-bond acceptors (Lipinski definition) is 1. The number of aromatic amines is 1. The number of para-hydroxylation sites is 2. The van der Waals surface area contributed by atoms with Crippen LogP contribution < -0.4 is 0 Å². The summed E-state index contributed by atoms with van der Waals surface area (Å²) in [6, 6.07) is 39.4. The Labute approximate surface area is 228 Å². The van der Waals surface area contributed by atoms with E-state index in [4.69, 9.17) is 4.99 Å². The third-order valence-corrected chi connectivity index (χ3v) is 7.76. The van der Waals surface area contributed by atoms with E-state index in [-0.39, 0.29) is 5.41 Å². The molecule has 0 spiro atoms. The number of aliphatic imine (C=N–C) groups is 1. The van der Waals surface area contributed by atoms with Crippen molar-refractivity contribution in [1.29, 1.82) is 0 Å². The van der Waals surface area contributed by atoms with Gasteiger partial charge in [-0.1, -0.05) is 93.6 Å². The monoisotopic (exact) mass is 505 g/mol. The fourth-order valence-corrected chi connectivity index (χ4v) is 5.71. The number of nitrogens with one attached hydrogen (secondary N) is 1. The molecule has 1 N–H and O–H groups in total. The lowest BCUT2D eigenvalue weighted by Gasteiger charge is -2.18. The molecule has 0 saturated carbocycles. The highest BCUT2D eigenvalue weighted by Gasteiger charge is 2.15. The van der Waals surface area contributed by atoms with Crippen LogP contribution in [0.5, 0.6) is 0 Å². The van der Waals surface area contributed by atoms with Crippen LogP contribution in [-0.4, -0.2) is 15.8 Å². The van der Waals surface area contributed by atoms with Gasteiger partial charge in [-0.3, -0.25) is 4.99 Å². The second-order valence-electron chi connectivity index (χ2n) is 11.4. The molecule has 2 heterocycles. The van der Waals surface area contributed by atoms with Gasteiger partial charge >= 0.3 is 0 Å². The van der Waals surface area contributed by atoms with Crippen molar-refractivity contribution in [3.05, 3.63) is 126 Å². The summed E-state index contributed by atoms with van der Waals surface area (Å²) in [4.78, 5) is 8.40. The standard InChI is InChI=1S/C36H31N3/c1-36(2,3)26-17-15-24(16-18-26)22-37-23-25-9-8-10-27(19-25)39-34-14-7-5-12-29(34)31-20-30-28-11-4-6-13-32(28)38-33(30)21-35(31)39/h4-22,38H,23H2,1-3H3. The lowest BCUT2D eigenvalue weighted by Crippen LogP contribution is -2.10. The van der Waals surface area contributed by atoms with Gasteiger partial charge in [0.2, 0.25) is 0 Å².